The molecule has 0 unspecified atom stereocenters. The predicted molar refractivity (Wildman–Crippen MR) is 74.4 cm³/mol. The lowest BCUT2D eigenvalue weighted by atomic mass is 10.2. The maximum Gasteiger partial charge on any atom is 0.105 e. The number of benzene rings is 1. The Balaban J connectivity index is 1.66. The topological polar surface area (TPSA) is 29.9 Å². The summed E-state index contributed by atoms with van der Waals surface area (Å²) in [6.45, 7) is 4.03. The van der Waals surface area contributed by atoms with Crippen molar-refractivity contribution in [3.05, 3.63) is 53.6 Å². The average Bonchev–Trinajstić information content (AvgIpc) is 2.71. The van der Waals surface area contributed by atoms with Crippen molar-refractivity contribution in [2.75, 3.05) is 6.54 Å². The second-order valence-electron chi connectivity index (χ2n) is 4.62. The molecule has 18 heavy (non-hydrogen) atoms. The summed E-state index contributed by atoms with van der Waals surface area (Å²) < 4.78 is 2.16. The van der Waals surface area contributed by atoms with Gasteiger partial charge in [0.2, 0.25) is 0 Å². The van der Waals surface area contributed by atoms with E-state index in [0.717, 1.165) is 31.8 Å². The molecule has 0 radical (unpaired) electrons. The maximum atomic E-state index is 4.31. The van der Waals surface area contributed by atoms with E-state index in [4.69, 9.17) is 0 Å². The van der Waals surface area contributed by atoms with Crippen LogP contribution in [-0.4, -0.2) is 16.1 Å². The van der Waals surface area contributed by atoms with Crippen molar-refractivity contribution < 1.29 is 0 Å². The van der Waals surface area contributed by atoms with Crippen molar-refractivity contribution in [1.29, 1.82) is 0 Å². The van der Waals surface area contributed by atoms with Gasteiger partial charge < -0.3 is 9.88 Å². The molecule has 0 atom stereocenters. The molecule has 0 spiro atoms. The largest absolute Gasteiger partial charge is 0.335 e. The van der Waals surface area contributed by atoms with Gasteiger partial charge in [0.15, 0.2) is 0 Å². The lowest BCUT2D eigenvalue weighted by molar-refractivity contribution is 0.634. The standard InChI is InChI=1S/C15H21N3/c1-13-17-12-15(18(13)2)9-6-10-16-11-14-7-4-3-5-8-14/h3-5,7-8,12,16H,6,9-11H2,1-2H3. The van der Waals surface area contributed by atoms with Crippen LogP contribution in [0.3, 0.4) is 0 Å². The number of nitrogens with zero attached hydrogens (tertiary/aromatic N) is 2. The second-order valence-corrected chi connectivity index (χ2v) is 4.62. The molecule has 1 N–H and O–H groups in total. The molecule has 0 fully saturated rings. The van der Waals surface area contributed by atoms with E-state index in [-0.39, 0.29) is 0 Å². The molecule has 0 aliphatic heterocycles. The summed E-state index contributed by atoms with van der Waals surface area (Å²) in [4.78, 5) is 4.31. The summed E-state index contributed by atoms with van der Waals surface area (Å²) in [5.41, 5.74) is 2.66. The fraction of sp³-hybridized carbons (Fsp3) is 0.400. The summed E-state index contributed by atoms with van der Waals surface area (Å²) in [6.07, 6.45) is 4.21. The van der Waals surface area contributed by atoms with E-state index in [1.54, 1.807) is 0 Å². The first-order valence-electron chi connectivity index (χ1n) is 6.49. The van der Waals surface area contributed by atoms with E-state index in [1.165, 1.54) is 11.3 Å². The smallest absolute Gasteiger partial charge is 0.105 e. The van der Waals surface area contributed by atoms with Crippen LogP contribution in [0.1, 0.15) is 23.5 Å². The number of aryl methyl sites for hydroxylation is 2. The molecule has 96 valence electrons. The molecular weight excluding hydrogens is 222 g/mol. The van der Waals surface area contributed by atoms with E-state index in [0.29, 0.717) is 0 Å². The predicted octanol–water partition coefficient (Wildman–Crippen LogP) is 2.45. The van der Waals surface area contributed by atoms with Crippen LogP contribution in [0.5, 0.6) is 0 Å². The minimum absolute atomic E-state index is 0.950. The van der Waals surface area contributed by atoms with Crippen molar-refractivity contribution in [1.82, 2.24) is 14.9 Å². The van der Waals surface area contributed by atoms with Crippen molar-refractivity contribution in [3.8, 4) is 0 Å². The lowest BCUT2D eigenvalue weighted by Gasteiger charge is -2.06. The minimum Gasteiger partial charge on any atom is -0.335 e. The zero-order chi connectivity index (χ0) is 12.8. The van der Waals surface area contributed by atoms with E-state index in [2.05, 4.69) is 46.2 Å². The molecule has 2 aromatic rings. The molecule has 0 bridgehead atoms. The van der Waals surface area contributed by atoms with Gasteiger partial charge in [-0.15, -0.1) is 0 Å². The van der Waals surface area contributed by atoms with Crippen LogP contribution in [0.25, 0.3) is 0 Å². The normalized spacial score (nSPS) is 10.8. The molecule has 1 aromatic carbocycles. The van der Waals surface area contributed by atoms with Crippen LogP contribution in [0.2, 0.25) is 0 Å². The zero-order valence-corrected chi connectivity index (χ0v) is 11.2. The highest BCUT2D eigenvalue weighted by Crippen LogP contribution is 2.04. The maximum absolute atomic E-state index is 4.31. The lowest BCUT2D eigenvalue weighted by Crippen LogP contribution is -2.15. The molecule has 0 saturated heterocycles. The Kier molecular flexibility index (Phi) is 4.53. The Morgan fingerprint density at radius 1 is 1.22 bits per heavy atom. The van der Waals surface area contributed by atoms with Crippen LogP contribution in [0, 0.1) is 6.92 Å². The molecule has 3 nitrogen and oxygen atoms in total. The Morgan fingerprint density at radius 3 is 2.67 bits per heavy atom. The Hall–Kier alpha value is -1.61. The molecule has 1 heterocycles. The Labute approximate surface area is 109 Å². The Bertz CT molecular complexity index is 474. The van der Waals surface area contributed by atoms with E-state index in [1.807, 2.05) is 19.2 Å². The highest BCUT2D eigenvalue weighted by molar-refractivity contribution is 5.14. The summed E-state index contributed by atoms with van der Waals surface area (Å²) >= 11 is 0. The second kappa shape index (κ2) is 6.36. The van der Waals surface area contributed by atoms with Gasteiger partial charge >= 0.3 is 0 Å². The summed E-state index contributed by atoms with van der Waals surface area (Å²) in [5.74, 6) is 1.09. The van der Waals surface area contributed by atoms with Gasteiger partial charge in [0, 0.05) is 25.5 Å². The quantitative estimate of drug-likeness (QED) is 0.790. The summed E-state index contributed by atoms with van der Waals surface area (Å²) in [5, 5.41) is 3.47. The van der Waals surface area contributed by atoms with Gasteiger partial charge in [-0.3, -0.25) is 0 Å². The first kappa shape index (κ1) is 12.8. The average molecular weight is 243 g/mol. The van der Waals surface area contributed by atoms with Gasteiger partial charge in [0.05, 0.1) is 0 Å². The molecule has 0 amide bonds. The number of imidazole rings is 1. The highest BCUT2D eigenvalue weighted by atomic mass is 15.0. The van der Waals surface area contributed by atoms with Crippen molar-refractivity contribution in [2.24, 2.45) is 7.05 Å². The third kappa shape index (κ3) is 3.44. The van der Waals surface area contributed by atoms with Gasteiger partial charge in [-0.1, -0.05) is 30.3 Å². The van der Waals surface area contributed by atoms with Gasteiger partial charge in [-0.05, 0) is 31.9 Å². The summed E-state index contributed by atoms with van der Waals surface area (Å²) in [6, 6.07) is 10.5. The van der Waals surface area contributed by atoms with Crippen molar-refractivity contribution >= 4 is 0 Å². The number of nitrogens with one attached hydrogen (secondary N) is 1. The minimum atomic E-state index is 0.950. The van der Waals surface area contributed by atoms with Crippen molar-refractivity contribution in [3.63, 3.8) is 0 Å². The number of hydrogen-bond acceptors (Lipinski definition) is 2. The number of aromatic nitrogens is 2. The Morgan fingerprint density at radius 2 is 2.00 bits per heavy atom. The van der Waals surface area contributed by atoms with Gasteiger partial charge in [-0.25, -0.2) is 4.98 Å². The summed E-state index contributed by atoms with van der Waals surface area (Å²) in [7, 11) is 2.08. The first-order chi connectivity index (χ1) is 8.77. The van der Waals surface area contributed by atoms with E-state index < -0.39 is 0 Å². The van der Waals surface area contributed by atoms with Gasteiger partial charge in [0.25, 0.3) is 0 Å². The molecule has 0 aliphatic rings. The first-order valence-corrected chi connectivity index (χ1v) is 6.49. The monoisotopic (exact) mass is 243 g/mol. The molecular formula is C15H21N3. The third-order valence-electron chi connectivity index (χ3n) is 3.28. The van der Waals surface area contributed by atoms with Crippen LogP contribution in [-0.2, 0) is 20.0 Å². The molecule has 0 saturated carbocycles. The number of hydrogen-bond donors (Lipinski definition) is 1. The van der Waals surface area contributed by atoms with Gasteiger partial charge in [0.1, 0.15) is 5.82 Å². The SMILES string of the molecule is Cc1ncc(CCCNCc2ccccc2)n1C. The third-order valence-corrected chi connectivity index (χ3v) is 3.28. The van der Waals surface area contributed by atoms with Crippen LogP contribution in [0.15, 0.2) is 36.5 Å². The van der Waals surface area contributed by atoms with E-state index >= 15 is 0 Å². The molecule has 3 heteroatoms. The van der Waals surface area contributed by atoms with Gasteiger partial charge in [-0.2, -0.15) is 0 Å². The van der Waals surface area contributed by atoms with Crippen LogP contribution >= 0.6 is 0 Å². The zero-order valence-electron chi connectivity index (χ0n) is 11.2. The number of rotatable bonds is 6. The fourth-order valence-corrected chi connectivity index (χ4v) is 2.00. The van der Waals surface area contributed by atoms with E-state index in [9.17, 15) is 0 Å². The highest BCUT2D eigenvalue weighted by Gasteiger charge is 2.01. The van der Waals surface area contributed by atoms with Crippen molar-refractivity contribution in [2.45, 2.75) is 26.3 Å². The van der Waals surface area contributed by atoms with Crippen LogP contribution in [0.4, 0.5) is 0 Å². The van der Waals surface area contributed by atoms with Crippen LogP contribution < -0.4 is 5.32 Å². The molecule has 2 rings (SSSR count). The fourth-order valence-electron chi connectivity index (χ4n) is 2.00. The molecule has 0 aliphatic carbocycles. The molecule has 1 aromatic heterocycles.